The van der Waals surface area contributed by atoms with E-state index in [9.17, 15) is 9.59 Å². The van der Waals surface area contributed by atoms with Gasteiger partial charge in [0.05, 0.1) is 13.0 Å². The van der Waals surface area contributed by atoms with E-state index >= 15 is 0 Å². The molecule has 0 fully saturated rings. The fraction of sp³-hybridized carbons (Fsp3) is 0.467. The van der Waals surface area contributed by atoms with E-state index < -0.39 is 18.0 Å². The zero-order chi connectivity index (χ0) is 15.1. The van der Waals surface area contributed by atoms with Gasteiger partial charge in [0.1, 0.15) is 5.75 Å². The Balaban J connectivity index is 2.51. The van der Waals surface area contributed by atoms with Gasteiger partial charge in [0, 0.05) is 0 Å². The van der Waals surface area contributed by atoms with Crippen LogP contribution in [0.15, 0.2) is 24.3 Å². The fourth-order valence-electron chi connectivity index (χ4n) is 1.48. The summed E-state index contributed by atoms with van der Waals surface area (Å²) < 4.78 is 10.5. The molecule has 0 heterocycles. The predicted molar refractivity (Wildman–Crippen MR) is 73.7 cm³/mol. The maximum Gasteiger partial charge on any atom is 0.347 e. The molecule has 0 bridgehead atoms. The van der Waals surface area contributed by atoms with Crippen LogP contribution in [0.25, 0.3) is 0 Å². The Hall–Kier alpha value is -2.04. The fourth-order valence-corrected chi connectivity index (χ4v) is 1.48. The van der Waals surface area contributed by atoms with Crippen molar-refractivity contribution >= 4 is 11.9 Å². The SMILES string of the molecule is CC(C)COC(=O)C(C)Oc1ccc(CC(=O)O)cc1. The number of benzene rings is 1. The van der Waals surface area contributed by atoms with Crippen LogP contribution in [-0.4, -0.2) is 29.8 Å². The Bertz CT molecular complexity index is 450. The van der Waals surface area contributed by atoms with Crippen molar-refractivity contribution in [3.63, 3.8) is 0 Å². The average molecular weight is 280 g/mol. The summed E-state index contributed by atoms with van der Waals surface area (Å²) >= 11 is 0. The number of carboxylic acid groups (broad SMARTS) is 1. The molecule has 0 radical (unpaired) electrons. The van der Waals surface area contributed by atoms with Crippen LogP contribution in [0.2, 0.25) is 0 Å². The largest absolute Gasteiger partial charge is 0.481 e. The van der Waals surface area contributed by atoms with Gasteiger partial charge in [-0.1, -0.05) is 26.0 Å². The summed E-state index contributed by atoms with van der Waals surface area (Å²) in [6, 6.07) is 6.61. The summed E-state index contributed by atoms with van der Waals surface area (Å²) in [7, 11) is 0. The highest BCUT2D eigenvalue weighted by molar-refractivity contribution is 5.74. The van der Waals surface area contributed by atoms with Crippen LogP contribution in [0, 0.1) is 5.92 Å². The van der Waals surface area contributed by atoms with Crippen molar-refractivity contribution in [3.8, 4) is 5.75 Å². The van der Waals surface area contributed by atoms with E-state index in [0.717, 1.165) is 0 Å². The Morgan fingerprint density at radius 3 is 2.25 bits per heavy atom. The van der Waals surface area contributed by atoms with Crippen LogP contribution in [0.1, 0.15) is 26.3 Å². The predicted octanol–water partition coefficient (Wildman–Crippen LogP) is 2.28. The number of carboxylic acids is 1. The molecule has 0 amide bonds. The van der Waals surface area contributed by atoms with E-state index in [4.69, 9.17) is 14.6 Å². The van der Waals surface area contributed by atoms with Gasteiger partial charge in [-0.15, -0.1) is 0 Å². The smallest absolute Gasteiger partial charge is 0.347 e. The molecule has 1 N–H and O–H groups in total. The molecule has 110 valence electrons. The van der Waals surface area contributed by atoms with Crippen LogP contribution in [0.4, 0.5) is 0 Å². The van der Waals surface area contributed by atoms with Gasteiger partial charge in [0.25, 0.3) is 0 Å². The lowest BCUT2D eigenvalue weighted by atomic mass is 10.1. The molecular formula is C15H20O5. The molecule has 1 rings (SSSR count). The minimum absolute atomic E-state index is 0.0355. The Morgan fingerprint density at radius 1 is 1.15 bits per heavy atom. The first kappa shape index (κ1) is 16.0. The first-order chi connectivity index (χ1) is 9.38. The first-order valence-corrected chi connectivity index (χ1v) is 6.52. The van der Waals surface area contributed by atoms with E-state index in [1.165, 1.54) is 0 Å². The quantitative estimate of drug-likeness (QED) is 0.776. The maximum absolute atomic E-state index is 11.6. The Morgan fingerprint density at radius 2 is 1.75 bits per heavy atom. The minimum atomic E-state index is -0.885. The number of aliphatic carboxylic acids is 1. The number of hydrogen-bond acceptors (Lipinski definition) is 4. The van der Waals surface area contributed by atoms with Crippen molar-refractivity contribution in [2.45, 2.75) is 33.3 Å². The average Bonchev–Trinajstić information content (AvgIpc) is 2.37. The lowest BCUT2D eigenvalue weighted by Gasteiger charge is -2.15. The summed E-state index contributed by atoms with van der Waals surface area (Å²) in [5.41, 5.74) is 0.680. The molecule has 0 saturated heterocycles. The molecule has 1 unspecified atom stereocenters. The Labute approximate surface area is 118 Å². The second-order valence-electron chi connectivity index (χ2n) is 5.00. The number of hydrogen-bond donors (Lipinski definition) is 1. The second kappa shape index (κ2) is 7.53. The zero-order valence-electron chi connectivity index (χ0n) is 12.0. The number of rotatable bonds is 7. The van der Waals surface area contributed by atoms with Gasteiger partial charge in [-0.2, -0.15) is 0 Å². The van der Waals surface area contributed by atoms with E-state index in [0.29, 0.717) is 17.9 Å². The van der Waals surface area contributed by atoms with Gasteiger partial charge in [0.2, 0.25) is 0 Å². The molecule has 0 aromatic heterocycles. The van der Waals surface area contributed by atoms with E-state index in [-0.39, 0.29) is 12.3 Å². The summed E-state index contributed by atoms with van der Waals surface area (Å²) in [6.45, 7) is 5.90. The molecule has 0 aliphatic rings. The normalized spacial score (nSPS) is 12.0. The van der Waals surface area contributed by atoms with Crippen molar-refractivity contribution in [1.82, 2.24) is 0 Å². The summed E-state index contributed by atoms with van der Waals surface area (Å²) in [4.78, 5) is 22.2. The third-order valence-electron chi connectivity index (χ3n) is 2.48. The molecule has 20 heavy (non-hydrogen) atoms. The molecule has 5 nitrogen and oxygen atoms in total. The highest BCUT2D eigenvalue weighted by atomic mass is 16.6. The van der Waals surface area contributed by atoms with Crippen molar-refractivity contribution in [1.29, 1.82) is 0 Å². The minimum Gasteiger partial charge on any atom is -0.481 e. The van der Waals surface area contributed by atoms with E-state index in [2.05, 4.69) is 0 Å². The van der Waals surface area contributed by atoms with E-state index in [1.54, 1.807) is 31.2 Å². The zero-order valence-corrected chi connectivity index (χ0v) is 12.0. The molecule has 0 aliphatic carbocycles. The Kier molecular flexibility index (Phi) is 6.03. The van der Waals surface area contributed by atoms with Crippen molar-refractivity contribution < 1.29 is 24.2 Å². The molecule has 0 saturated carbocycles. The van der Waals surface area contributed by atoms with Gasteiger partial charge in [-0.3, -0.25) is 4.79 Å². The summed E-state index contributed by atoms with van der Waals surface area (Å²) in [5, 5.41) is 8.67. The van der Waals surface area contributed by atoms with E-state index in [1.807, 2.05) is 13.8 Å². The molecule has 1 atom stereocenters. The topological polar surface area (TPSA) is 72.8 Å². The highest BCUT2D eigenvalue weighted by Crippen LogP contribution is 2.15. The molecule has 0 spiro atoms. The van der Waals surface area contributed by atoms with Crippen LogP contribution < -0.4 is 4.74 Å². The molecule has 1 aromatic rings. The lowest BCUT2D eigenvalue weighted by Crippen LogP contribution is -2.27. The van der Waals surface area contributed by atoms with Crippen LogP contribution in [-0.2, 0) is 20.7 Å². The number of esters is 1. The monoisotopic (exact) mass is 280 g/mol. The van der Waals surface area contributed by atoms with Crippen molar-refractivity contribution in [2.24, 2.45) is 5.92 Å². The van der Waals surface area contributed by atoms with Gasteiger partial charge in [-0.25, -0.2) is 4.79 Å². The molecule has 1 aromatic carbocycles. The van der Waals surface area contributed by atoms with Crippen LogP contribution in [0.3, 0.4) is 0 Å². The summed E-state index contributed by atoms with van der Waals surface area (Å²) in [5.74, 6) is -0.507. The lowest BCUT2D eigenvalue weighted by molar-refractivity contribution is -0.152. The van der Waals surface area contributed by atoms with Crippen LogP contribution >= 0.6 is 0 Å². The molecular weight excluding hydrogens is 260 g/mol. The van der Waals surface area contributed by atoms with Gasteiger partial charge in [-0.05, 0) is 30.5 Å². The number of ether oxygens (including phenoxy) is 2. The highest BCUT2D eigenvalue weighted by Gasteiger charge is 2.16. The molecule has 5 heteroatoms. The molecule has 0 aliphatic heterocycles. The third kappa shape index (κ3) is 5.73. The summed E-state index contributed by atoms with van der Waals surface area (Å²) in [6.07, 6.45) is -0.731. The van der Waals surface area contributed by atoms with Gasteiger partial charge < -0.3 is 14.6 Å². The van der Waals surface area contributed by atoms with Gasteiger partial charge in [0.15, 0.2) is 6.10 Å². The number of carbonyl (C=O) groups excluding carboxylic acids is 1. The van der Waals surface area contributed by atoms with Crippen molar-refractivity contribution in [2.75, 3.05) is 6.61 Å². The van der Waals surface area contributed by atoms with Crippen molar-refractivity contribution in [3.05, 3.63) is 29.8 Å². The first-order valence-electron chi connectivity index (χ1n) is 6.52. The van der Waals surface area contributed by atoms with Crippen LogP contribution in [0.5, 0.6) is 5.75 Å². The maximum atomic E-state index is 11.6. The van der Waals surface area contributed by atoms with Gasteiger partial charge >= 0.3 is 11.9 Å². The third-order valence-corrected chi connectivity index (χ3v) is 2.48. The number of carbonyl (C=O) groups is 2. The standard InChI is InChI=1S/C15H20O5/c1-10(2)9-19-15(18)11(3)20-13-6-4-12(5-7-13)8-14(16)17/h4-7,10-11H,8-9H2,1-3H3,(H,16,17). The second-order valence-corrected chi connectivity index (χ2v) is 5.00.